The molecule has 126 valence electrons. The van der Waals surface area contributed by atoms with Gasteiger partial charge in [0.1, 0.15) is 6.10 Å². The number of amides is 1. The van der Waals surface area contributed by atoms with Crippen molar-refractivity contribution in [2.24, 2.45) is 5.92 Å². The highest BCUT2D eigenvalue weighted by Gasteiger charge is 2.46. The Balaban J connectivity index is 1.50. The van der Waals surface area contributed by atoms with Gasteiger partial charge >= 0.3 is 0 Å². The summed E-state index contributed by atoms with van der Waals surface area (Å²) in [6, 6.07) is 0. The fraction of sp³-hybridized carbons (Fsp3) is 0.933. The molecule has 3 rings (SSSR count). The van der Waals surface area contributed by atoms with Crippen LogP contribution in [0.4, 0.5) is 0 Å². The van der Waals surface area contributed by atoms with Gasteiger partial charge in [0, 0.05) is 19.6 Å². The van der Waals surface area contributed by atoms with Crippen molar-refractivity contribution in [3.8, 4) is 0 Å². The molecule has 0 aromatic rings. The molecule has 1 spiro atoms. The van der Waals surface area contributed by atoms with E-state index in [0.717, 1.165) is 19.4 Å². The van der Waals surface area contributed by atoms with Gasteiger partial charge in [-0.1, -0.05) is 0 Å². The number of hydrogen-bond acceptors (Lipinski definition) is 4. The Bertz CT molecular complexity index is 522. The highest BCUT2D eigenvalue weighted by Crippen LogP contribution is 2.39. The second kappa shape index (κ2) is 6.09. The lowest BCUT2D eigenvalue weighted by atomic mass is 9.89. The normalized spacial score (nSPS) is 28.9. The van der Waals surface area contributed by atoms with Crippen LogP contribution in [0.2, 0.25) is 0 Å². The van der Waals surface area contributed by atoms with E-state index >= 15 is 0 Å². The average Bonchev–Trinajstić information content (AvgIpc) is 3.26. The zero-order chi connectivity index (χ0) is 15.8. The molecule has 3 aliphatic rings. The minimum Gasteiger partial charge on any atom is -0.362 e. The number of carbonyl (C=O) groups excluding carboxylic acids is 1. The predicted octanol–water partition coefficient (Wildman–Crippen LogP) is 0.876. The highest BCUT2D eigenvalue weighted by molar-refractivity contribution is 7.89. The topological polar surface area (TPSA) is 75.7 Å². The average molecular weight is 330 g/mol. The number of ether oxygens (including phenoxy) is 1. The van der Waals surface area contributed by atoms with E-state index in [4.69, 9.17) is 4.74 Å². The maximum absolute atomic E-state index is 12.1. The molecule has 1 atom stereocenters. The fourth-order valence-corrected chi connectivity index (χ4v) is 4.51. The molecule has 1 aliphatic carbocycles. The molecule has 6 nitrogen and oxygen atoms in total. The summed E-state index contributed by atoms with van der Waals surface area (Å²) in [4.78, 5) is 12.1. The van der Waals surface area contributed by atoms with Gasteiger partial charge in [-0.3, -0.25) is 4.79 Å². The first-order valence-corrected chi connectivity index (χ1v) is 9.98. The van der Waals surface area contributed by atoms with E-state index in [1.54, 1.807) is 11.2 Å². The van der Waals surface area contributed by atoms with Crippen LogP contribution in [-0.2, 0) is 19.6 Å². The molecule has 1 N–H and O–H groups in total. The third-order valence-electron chi connectivity index (χ3n) is 5.20. The van der Waals surface area contributed by atoms with Crippen LogP contribution in [0.25, 0.3) is 0 Å². The summed E-state index contributed by atoms with van der Waals surface area (Å²) in [7, 11) is -3.11. The van der Waals surface area contributed by atoms with Crippen LogP contribution >= 0.6 is 0 Å². The predicted molar refractivity (Wildman–Crippen MR) is 82.8 cm³/mol. The molecule has 1 amide bonds. The summed E-state index contributed by atoms with van der Waals surface area (Å²) < 4.78 is 31.4. The van der Waals surface area contributed by atoms with Crippen molar-refractivity contribution < 1.29 is 17.9 Å². The molecule has 7 heteroatoms. The third-order valence-corrected chi connectivity index (χ3v) is 7.08. The van der Waals surface area contributed by atoms with Crippen molar-refractivity contribution in [3.05, 3.63) is 0 Å². The van der Waals surface area contributed by atoms with Gasteiger partial charge in [-0.25, -0.2) is 12.7 Å². The van der Waals surface area contributed by atoms with Gasteiger partial charge in [-0.2, -0.15) is 0 Å². The van der Waals surface area contributed by atoms with E-state index in [1.165, 1.54) is 12.8 Å². The lowest BCUT2D eigenvalue weighted by Crippen LogP contribution is -2.48. The molecule has 0 aromatic carbocycles. The lowest BCUT2D eigenvalue weighted by Gasteiger charge is -2.38. The van der Waals surface area contributed by atoms with Gasteiger partial charge in [0.15, 0.2) is 0 Å². The van der Waals surface area contributed by atoms with Crippen molar-refractivity contribution >= 4 is 15.9 Å². The molecule has 2 saturated heterocycles. The Kier molecular flexibility index (Phi) is 4.49. The third kappa shape index (κ3) is 3.46. The van der Waals surface area contributed by atoms with Crippen LogP contribution in [0.15, 0.2) is 0 Å². The van der Waals surface area contributed by atoms with Gasteiger partial charge in [0.05, 0.1) is 11.4 Å². The highest BCUT2D eigenvalue weighted by atomic mass is 32.2. The molecule has 0 bridgehead atoms. The molecule has 22 heavy (non-hydrogen) atoms. The summed E-state index contributed by atoms with van der Waals surface area (Å²) in [5.74, 6) is 0.821. The van der Waals surface area contributed by atoms with E-state index in [-0.39, 0.29) is 23.4 Å². The smallest absolute Gasteiger partial charge is 0.249 e. The Morgan fingerprint density at radius 2 is 1.91 bits per heavy atom. The SMILES string of the molecule is CCS(=O)(=O)N1CCC2(CC[C@H](C(=O)NCC3CC3)O2)CC1. The minimum absolute atomic E-state index is 0.00684. The van der Waals surface area contributed by atoms with Gasteiger partial charge in [-0.15, -0.1) is 0 Å². The second-order valence-electron chi connectivity index (χ2n) is 6.82. The van der Waals surface area contributed by atoms with E-state index < -0.39 is 10.0 Å². The number of rotatable bonds is 5. The standard InChI is InChI=1S/C15H26N2O4S/c1-2-22(19,20)17-9-7-15(8-10-17)6-5-13(21-15)14(18)16-11-12-3-4-12/h12-13H,2-11H2,1H3,(H,16,18)/t13-/m1/s1. The summed E-state index contributed by atoms with van der Waals surface area (Å²) in [6.07, 6.45) is 5.07. The van der Waals surface area contributed by atoms with Crippen LogP contribution in [0.5, 0.6) is 0 Å². The number of nitrogens with one attached hydrogen (secondary N) is 1. The van der Waals surface area contributed by atoms with E-state index in [1.807, 2.05) is 0 Å². The number of carbonyl (C=O) groups is 1. The second-order valence-corrected chi connectivity index (χ2v) is 9.07. The quantitative estimate of drug-likeness (QED) is 0.812. The van der Waals surface area contributed by atoms with E-state index in [2.05, 4.69) is 5.32 Å². The summed E-state index contributed by atoms with van der Waals surface area (Å²) in [5, 5.41) is 2.98. The maximum atomic E-state index is 12.1. The zero-order valence-corrected chi connectivity index (χ0v) is 14.0. The zero-order valence-electron chi connectivity index (χ0n) is 13.2. The molecular formula is C15H26N2O4S. The fourth-order valence-electron chi connectivity index (χ4n) is 3.40. The van der Waals surface area contributed by atoms with Crippen molar-refractivity contribution in [1.29, 1.82) is 0 Å². The van der Waals surface area contributed by atoms with Crippen LogP contribution in [0.1, 0.15) is 45.4 Å². The Morgan fingerprint density at radius 1 is 1.23 bits per heavy atom. The van der Waals surface area contributed by atoms with Crippen molar-refractivity contribution in [2.75, 3.05) is 25.4 Å². The molecule has 2 aliphatic heterocycles. The van der Waals surface area contributed by atoms with E-state index in [9.17, 15) is 13.2 Å². The number of piperidine rings is 1. The Morgan fingerprint density at radius 3 is 2.50 bits per heavy atom. The van der Waals surface area contributed by atoms with Gasteiger partial charge < -0.3 is 10.1 Å². The number of nitrogens with zero attached hydrogens (tertiary/aromatic N) is 1. The lowest BCUT2D eigenvalue weighted by molar-refractivity contribution is -0.139. The van der Waals surface area contributed by atoms with Crippen LogP contribution < -0.4 is 5.32 Å². The Labute approximate surface area is 132 Å². The molecule has 0 aromatic heterocycles. The van der Waals surface area contributed by atoms with Crippen LogP contribution in [0.3, 0.4) is 0 Å². The first kappa shape index (κ1) is 16.2. The molecule has 0 unspecified atom stereocenters. The molecule has 1 saturated carbocycles. The monoisotopic (exact) mass is 330 g/mol. The van der Waals surface area contributed by atoms with Crippen LogP contribution in [0, 0.1) is 5.92 Å². The molecule has 2 heterocycles. The first-order chi connectivity index (χ1) is 10.4. The molecule has 3 fully saturated rings. The van der Waals surface area contributed by atoms with Crippen molar-refractivity contribution in [1.82, 2.24) is 9.62 Å². The summed E-state index contributed by atoms with van der Waals surface area (Å²) in [6.45, 7) is 3.46. The van der Waals surface area contributed by atoms with E-state index in [0.29, 0.717) is 31.8 Å². The largest absolute Gasteiger partial charge is 0.362 e. The van der Waals surface area contributed by atoms with Gasteiger partial charge in [0.25, 0.3) is 0 Å². The number of sulfonamides is 1. The van der Waals surface area contributed by atoms with Crippen molar-refractivity contribution in [2.45, 2.75) is 57.2 Å². The van der Waals surface area contributed by atoms with Gasteiger partial charge in [-0.05, 0) is 51.4 Å². The molecule has 0 radical (unpaired) electrons. The van der Waals surface area contributed by atoms with Crippen molar-refractivity contribution in [3.63, 3.8) is 0 Å². The number of hydrogen-bond donors (Lipinski definition) is 1. The minimum atomic E-state index is -3.11. The van der Waals surface area contributed by atoms with Crippen LogP contribution in [-0.4, -0.2) is 55.7 Å². The summed E-state index contributed by atoms with van der Waals surface area (Å²) >= 11 is 0. The summed E-state index contributed by atoms with van der Waals surface area (Å²) in [5.41, 5.74) is -0.290. The van der Waals surface area contributed by atoms with Gasteiger partial charge in [0.2, 0.25) is 15.9 Å². The first-order valence-electron chi connectivity index (χ1n) is 8.37. The maximum Gasteiger partial charge on any atom is 0.249 e. The molecular weight excluding hydrogens is 304 g/mol. The Hall–Kier alpha value is -0.660.